The van der Waals surface area contributed by atoms with Gasteiger partial charge in [-0.25, -0.2) is 24.7 Å². The van der Waals surface area contributed by atoms with E-state index in [4.69, 9.17) is 14.6 Å². The molecule has 2 aromatic heterocycles. The molecule has 3 aromatic rings. The minimum atomic E-state index is -0.712. The Morgan fingerprint density at radius 3 is 2.35 bits per heavy atom. The number of hydrogen-bond acceptors (Lipinski definition) is 6. The van der Waals surface area contributed by atoms with Gasteiger partial charge in [0.2, 0.25) is 11.8 Å². The number of aliphatic hydroxyl groups excluding tert-OH is 1. The quantitative estimate of drug-likeness (QED) is 0.214. The van der Waals surface area contributed by atoms with Crippen LogP contribution in [0.15, 0.2) is 24.3 Å². The molecule has 3 heterocycles. The van der Waals surface area contributed by atoms with Crippen molar-refractivity contribution in [1.29, 1.82) is 0 Å². The minimum absolute atomic E-state index is 0.0546. The van der Waals surface area contributed by atoms with Crippen molar-refractivity contribution < 1.29 is 24.2 Å². The molecule has 10 nitrogen and oxygen atoms in total. The third kappa shape index (κ3) is 9.44. The van der Waals surface area contributed by atoms with E-state index in [1.54, 1.807) is 16.8 Å². The summed E-state index contributed by atoms with van der Waals surface area (Å²) in [6, 6.07) is 8.27. The van der Waals surface area contributed by atoms with E-state index in [9.17, 15) is 14.7 Å². The Labute approximate surface area is 296 Å². The fourth-order valence-corrected chi connectivity index (χ4v) is 7.75. The van der Waals surface area contributed by atoms with Crippen LogP contribution in [-0.4, -0.2) is 125 Å². The standard InChI is InChI=1S/C37H59N5O5S2/c1-37(25-43)15-14-30-33(23-37)42(27-47-18-20-49(6,7)8)38-36(30)32-21-28-12-13-29(22-31(28)41(32)26-46-17-19-48(3,4)5)39(2)35(45)24-40-16-10-9-11-34(40)44/h12-13,21-22,43H,9-11,14-20,23-27H2,1-8H3. The van der Waals surface area contributed by atoms with E-state index in [1.807, 2.05) is 10.7 Å². The first-order chi connectivity index (χ1) is 23.1. The Balaban J connectivity index is 1.51. The maximum absolute atomic E-state index is 13.4. The molecule has 12 heteroatoms. The minimum Gasteiger partial charge on any atom is -0.396 e. The molecule has 1 aliphatic heterocycles. The van der Waals surface area contributed by atoms with Crippen LogP contribution in [0.2, 0.25) is 0 Å². The summed E-state index contributed by atoms with van der Waals surface area (Å²) in [4.78, 5) is 29.1. The van der Waals surface area contributed by atoms with Gasteiger partial charge in [-0.05, 0) is 93.3 Å². The van der Waals surface area contributed by atoms with Gasteiger partial charge in [-0.1, -0.05) is 13.0 Å². The fraction of sp³-hybridized carbons (Fsp3) is 0.649. The van der Waals surface area contributed by atoms with Gasteiger partial charge in [0.05, 0.1) is 24.4 Å². The van der Waals surface area contributed by atoms with Crippen molar-refractivity contribution in [3.63, 3.8) is 0 Å². The summed E-state index contributed by atoms with van der Waals surface area (Å²) < 4.78 is 16.8. The number of anilines is 1. The van der Waals surface area contributed by atoms with Gasteiger partial charge in [-0.15, -0.1) is 0 Å². The maximum Gasteiger partial charge on any atom is 0.246 e. The molecule has 1 saturated heterocycles. The predicted octanol–water partition coefficient (Wildman–Crippen LogP) is 5.30. The van der Waals surface area contributed by atoms with Crippen LogP contribution in [0.3, 0.4) is 0 Å². The number of benzene rings is 1. The van der Waals surface area contributed by atoms with Gasteiger partial charge < -0.3 is 28.9 Å². The van der Waals surface area contributed by atoms with Gasteiger partial charge in [0.25, 0.3) is 0 Å². The van der Waals surface area contributed by atoms with Crippen LogP contribution in [0.1, 0.15) is 43.9 Å². The molecule has 1 atom stereocenters. The van der Waals surface area contributed by atoms with Crippen LogP contribution >= 0.6 is 20.1 Å². The lowest BCUT2D eigenvalue weighted by molar-refractivity contribution is -0.137. The third-order valence-corrected chi connectivity index (χ3v) is 12.7. The molecule has 1 N–H and O–H groups in total. The van der Waals surface area contributed by atoms with Crippen LogP contribution in [0.4, 0.5) is 5.69 Å². The number of likely N-dealkylation sites (N-methyl/N-ethyl adjacent to an activating group) is 1. The van der Waals surface area contributed by atoms with E-state index < -0.39 is 20.1 Å². The van der Waals surface area contributed by atoms with E-state index in [1.165, 1.54) is 5.56 Å². The van der Waals surface area contributed by atoms with Crippen LogP contribution in [-0.2, 0) is 45.4 Å². The molecular weight excluding hydrogens is 659 g/mol. The molecule has 274 valence electrons. The summed E-state index contributed by atoms with van der Waals surface area (Å²) in [5.41, 5.74) is 5.78. The highest BCUT2D eigenvalue weighted by Crippen LogP contribution is 2.41. The summed E-state index contributed by atoms with van der Waals surface area (Å²) in [5, 5.41) is 16.6. The van der Waals surface area contributed by atoms with Crippen molar-refractivity contribution in [3.05, 3.63) is 35.5 Å². The number of fused-ring (bicyclic) bond motifs is 2. The second-order valence-electron chi connectivity index (χ2n) is 16.0. The van der Waals surface area contributed by atoms with Crippen LogP contribution in [0.25, 0.3) is 22.3 Å². The van der Waals surface area contributed by atoms with E-state index in [0.717, 1.165) is 77.3 Å². The number of aliphatic hydroxyl groups is 1. The largest absolute Gasteiger partial charge is 0.396 e. The number of amides is 2. The number of carbonyl (C=O) groups excluding carboxylic acids is 2. The van der Waals surface area contributed by atoms with E-state index >= 15 is 0 Å². The first-order valence-electron chi connectivity index (χ1n) is 17.4. The number of carbonyl (C=O) groups is 2. The summed E-state index contributed by atoms with van der Waals surface area (Å²) >= 11 is 0. The molecule has 1 fully saturated rings. The monoisotopic (exact) mass is 717 g/mol. The Kier molecular flexibility index (Phi) is 11.9. The Morgan fingerprint density at radius 1 is 1.00 bits per heavy atom. The Hall–Kier alpha value is -2.51. The lowest BCUT2D eigenvalue weighted by Gasteiger charge is -2.32. The summed E-state index contributed by atoms with van der Waals surface area (Å²) in [6.07, 6.45) is 18.6. The molecule has 1 unspecified atom stereocenters. The number of hydrogen-bond donors (Lipinski definition) is 1. The molecule has 2 aliphatic rings. The van der Waals surface area contributed by atoms with Crippen molar-refractivity contribution in [1.82, 2.24) is 19.2 Å². The molecule has 1 aromatic carbocycles. The average Bonchev–Trinajstić information content (AvgIpc) is 3.58. The smallest absolute Gasteiger partial charge is 0.246 e. The highest BCUT2D eigenvalue weighted by Gasteiger charge is 2.35. The van der Waals surface area contributed by atoms with Crippen molar-refractivity contribution in [2.45, 2.75) is 58.9 Å². The lowest BCUT2D eigenvalue weighted by Crippen LogP contribution is -2.43. The molecule has 2 amide bonds. The van der Waals surface area contributed by atoms with Gasteiger partial charge in [0.1, 0.15) is 25.7 Å². The molecule has 5 rings (SSSR count). The second kappa shape index (κ2) is 15.4. The maximum atomic E-state index is 13.4. The van der Waals surface area contributed by atoms with Gasteiger partial charge >= 0.3 is 0 Å². The number of piperidine rings is 1. The molecule has 0 spiro atoms. The zero-order valence-electron chi connectivity index (χ0n) is 31.0. The number of nitrogens with zero attached hydrogens (tertiary/aromatic N) is 5. The average molecular weight is 718 g/mol. The Morgan fingerprint density at radius 2 is 1.69 bits per heavy atom. The second-order valence-corrected chi connectivity index (χ2v) is 25.2. The zero-order chi connectivity index (χ0) is 35.6. The molecule has 0 saturated carbocycles. The normalized spacial score (nSPS) is 19.4. The van der Waals surface area contributed by atoms with Crippen molar-refractivity contribution in [2.24, 2.45) is 5.41 Å². The molecule has 0 bridgehead atoms. The lowest BCUT2D eigenvalue weighted by atomic mass is 9.75. The fourth-order valence-electron chi connectivity index (χ4n) is 6.52. The van der Waals surface area contributed by atoms with Gasteiger partial charge in [0, 0.05) is 60.5 Å². The van der Waals surface area contributed by atoms with Crippen molar-refractivity contribution in [3.8, 4) is 11.4 Å². The van der Waals surface area contributed by atoms with E-state index in [-0.39, 0.29) is 30.4 Å². The predicted molar refractivity (Wildman–Crippen MR) is 207 cm³/mol. The molecule has 49 heavy (non-hydrogen) atoms. The van der Waals surface area contributed by atoms with E-state index in [0.29, 0.717) is 39.6 Å². The SMILES string of the molecule is CN(C(=O)CN1CCCCC1=O)c1ccc2cc(-c3nn(COCCS(C)(C)C)c4c3CCC(C)(CO)C4)n(COCCS(C)(C)C)c2c1. The highest BCUT2D eigenvalue weighted by molar-refractivity contribution is 8.32. The molecule has 1 aliphatic carbocycles. The zero-order valence-corrected chi connectivity index (χ0v) is 32.7. The number of ether oxygens (including phenoxy) is 2. The third-order valence-electron chi connectivity index (χ3n) is 9.87. The van der Waals surface area contributed by atoms with Crippen molar-refractivity contribution >= 4 is 48.5 Å². The van der Waals surface area contributed by atoms with Crippen molar-refractivity contribution in [2.75, 3.05) is 93.9 Å². The van der Waals surface area contributed by atoms with Gasteiger partial charge in [-0.3, -0.25) is 9.59 Å². The highest BCUT2D eigenvalue weighted by atomic mass is 32.3. The number of likely N-dealkylation sites (tertiary alicyclic amines) is 1. The first-order valence-corrected chi connectivity index (χ1v) is 23.5. The van der Waals surface area contributed by atoms with E-state index in [2.05, 4.69) is 67.2 Å². The number of aromatic nitrogens is 3. The van der Waals surface area contributed by atoms with Crippen LogP contribution in [0.5, 0.6) is 0 Å². The summed E-state index contributed by atoms with van der Waals surface area (Å²) in [6.45, 7) is 5.09. The number of rotatable bonds is 15. The first kappa shape index (κ1) is 37.7. The summed E-state index contributed by atoms with van der Waals surface area (Å²) in [7, 11) is 0.405. The topological polar surface area (TPSA) is 102 Å². The van der Waals surface area contributed by atoms with Gasteiger partial charge in [0.15, 0.2) is 0 Å². The van der Waals surface area contributed by atoms with Gasteiger partial charge in [-0.2, -0.15) is 5.10 Å². The molecule has 0 radical (unpaired) electrons. The Bertz CT molecular complexity index is 1640. The van der Waals surface area contributed by atoms with Crippen LogP contribution in [0, 0.1) is 5.41 Å². The van der Waals surface area contributed by atoms with Crippen LogP contribution < -0.4 is 4.90 Å². The molecular formula is C37H59N5O5S2. The summed E-state index contributed by atoms with van der Waals surface area (Å²) in [5.74, 6) is 1.99.